The lowest BCUT2D eigenvalue weighted by atomic mass is 9.61. The van der Waals surface area contributed by atoms with Crippen molar-refractivity contribution in [1.29, 1.82) is 5.26 Å². The molecule has 2 saturated carbocycles. The summed E-state index contributed by atoms with van der Waals surface area (Å²) in [6.45, 7) is 6.58. The molecule has 0 bridgehead atoms. The fraction of sp³-hybridized carbons (Fsp3) is 0.955. The minimum absolute atomic E-state index is 0.0373. The van der Waals surface area contributed by atoms with Crippen LogP contribution in [0.4, 0.5) is 4.39 Å². The van der Waals surface area contributed by atoms with E-state index >= 15 is 0 Å². The summed E-state index contributed by atoms with van der Waals surface area (Å²) in [5.74, 6) is 2.10. The molecule has 0 spiro atoms. The molecule has 8 atom stereocenters. The smallest absolute Gasteiger partial charge is 0.116 e. The Bertz CT molecular complexity index is 573. The van der Waals surface area contributed by atoms with E-state index in [2.05, 4.69) is 22.6 Å². The molecule has 0 radical (unpaired) electrons. The number of likely N-dealkylation sites (tertiary alicyclic amines) is 1. The lowest BCUT2D eigenvalue weighted by Gasteiger charge is -2.47. The van der Waals surface area contributed by atoms with E-state index in [1.165, 1.54) is 25.7 Å². The largest absolute Gasteiger partial charge is 0.324 e. The van der Waals surface area contributed by atoms with Crippen molar-refractivity contribution in [2.24, 2.45) is 35.3 Å². The second-order valence-corrected chi connectivity index (χ2v) is 11.4. The van der Waals surface area contributed by atoms with Crippen molar-refractivity contribution in [3.8, 4) is 6.07 Å². The van der Waals surface area contributed by atoms with Gasteiger partial charge in [0.1, 0.15) is 6.17 Å². The van der Waals surface area contributed by atoms with Gasteiger partial charge >= 0.3 is 0 Å². The van der Waals surface area contributed by atoms with Gasteiger partial charge in [-0.1, -0.05) is 18.4 Å². The molecule has 0 aromatic carbocycles. The van der Waals surface area contributed by atoms with E-state index in [1.54, 1.807) is 0 Å². The molecule has 0 aromatic rings. The van der Waals surface area contributed by atoms with Crippen LogP contribution in [-0.2, 0) is 0 Å². The highest BCUT2D eigenvalue weighted by molar-refractivity contribution is 7.98. The summed E-state index contributed by atoms with van der Waals surface area (Å²) in [4.78, 5) is 2.59. The number of nitrogens with one attached hydrogen (secondary N) is 1. The Morgan fingerprint density at radius 2 is 2.14 bits per heavy atom. The highest BCUT2D eigenvalue weighted by atomic mass is 32.2. The van der Waals surface area contributed by atoms with Crippen LogP contribution in [0.2, 0.25) is 0 Å². The van der Waals surface area contributed by atoms with Gasteiger partial charge in [-0.2, -0.15) is 5.26 Å². The number of nitriles is 1. The monoisotopic (exact) mass is 408 g/mol. The lowest BCUT2D eigenvalue weighted by molar-refractivity contribution is 0.0338. The normalized spacial score (nSPS) is 47.9. The first-order valence-corrected chi connectivity index (χ1v) is 12.3. The maximum Gasteiger partial charge on any atom is 0.116 e. The van der Waals surface area contributed by atoms with Crippen molar-refractivity contribution in [2.45, 2.75) is 75.3 Å². The van der Waals surface area contributed by atoms with E-state index in [1.807, 2.05) is 11.9 Å². The molecule has 4 fully saturated rings. The van der Waals surface area contributed by atoms with Crippen molar-refractivity contribution in [1.82, 2.24) is 9.62 Å². The number of halogens is 1. The molecule has 4 aliphatic rings. The van der Waals surface area contributed by atoms with Gasteiger partial charge in [0.25, 0.3) is 0 Å². The summed E-state index contributed by atoms with van der Waals surface area (Å²) < 4.78 is 18.1. The van der Waals surface area contributed by atoms with Crippen LogP contribution in [0.25, 0.3) is 0 Å². The zero-order valence-corrected chi connectivity index (χ0v) is 18.1. The minimum Gasteiger partial charge on any atom is -0.324 e. The van der Waals surface area contributed by atoms with E-state index in [0.29, 0.717) is 35.3 Å². The lowest BCUT2D eigenvalue weighted by Crippen LogP contribution is -2.46. The molecule has 3 N–H and O–H groups in total. The molecular weight excluding hydrogens is 371 g/mol. The Kier molecular flexibility index (Phi) is 6.57. The molecule has 2 saturated heterocycles. The van der Waals surface area contributed by atoms with Crippen LogP contribution >= 0.6 is 11.9 Å². The molecule has 0 amide bonds. The van der Waals surface area contributed by atoms with Crippen LogP contribution in [-0.4, -0.2) is 48.0 Å². The van der Waals surface area contributed by atoms with Crippen LogP contribution in [0.3, 0.4) is 0 Å². The zero-order valence-electron chi connectivity index (χ0n) is 17.3. The van der Waals surface area contributed by atoms with Crippen LogP contribution in [0.15, 0.2) is 0 Å². The Hall–Kier alpha value is -0.350. The summed E-state index contributed by atoms with van der Waals surface area (Å²) >= 11 is 1.94. The molecule has 158 valence electrons. The van der Waals surface area contributed by atoms with E-state index in [9.17, 15) is 9.65 Å². The number of nitrogens with zero attached hydrogens (tertiary/aromatic N) is 2. The number of nitrogens with two attached hydrogens (primary N) is 1. The zero-order chi connectivity index (χ0) is 19.7. The van der Waals surface area contributed by atoms with Gasteiger partial charge in [0, 0.05) is 37.0 Å². The summed E-state index contributed by atoms with van der Waals surface area (Å²) in [6, 6.07) is 2.20. The first-order valence-electron chi connectivity index (χ1n) is 11.4. The van der Waals surface area contributed by atoms with Gasteiger partial charge in [0.2, 0.25) is 0 Å². The van der Waals surface area contributed by atoms with Gasteiger partial charge in [0.05, 0.1) is 12.0 Å². The maximum absolute atomic E-state index is 14.6. The van der Waals surface area contributed by atoms with Gasteiger partial charge in [-0.05, 0) is 75.5 Å². The second-order valence-electron chi connectivity index (χ2n) is 10.2. The molecule has 4 rings (SSSR count). The number of hydrogen-bond donors (Lipinski definition) is 2. The van der Waals surface area contributed by atoms with Crippen LogP contribution in [0.1, 0.15) is 58.3 Å². The molecule has 6 heteroatoms. The van der Waals surface area contributed by atoms with E-state index in [-0.39, 0.29) is 11.5 Å². The predicted molar refractivity (Wildman–Crippen MR) is 113 cm³/mol. The molecule has 28 heavy (non-hydrogen) atoms. The number of hydrogen-bond acceptors (Lipinski definition) is 5. The maximum atomic E-state index is 14.6. The summed E-state index contributed by atoms with van der Waals surface area (Å²) in [5.41, 5.74) is 6.35. The summed E-state index contributed by atoms with van der Waals surface area (Å²) in [5, 5.41) is 9.87. The standard InChI is InChI=1S/C22H37FN4S/c1-22(25)8-10-27(14-22)13-17-3-2-4-18(21(17)20-7-9-26-28-20)15-5-6-16(12-24)19(23)11-15/h15-21,26H,2-11,13-14,25H2,1H3/t15?,16?,17?,18?,19?,20?,21?,22-/m1/s1. The van der Waals surface area contributed by atoms with Crippen molar-refractivity contribution in [3.05, 3.63) is 0 Å². The molecule has 7 unspecified atom stereocenters. The van der Waals surface area contributed by atoms with Gasteiger partial charge in [-0.15, -0.1) is 0 Å². The van der Waals surface area contributed by atoms with Crippen molar-refractivity contribution in [3.63, 3.8) is 0 Å². The third kappa shape index (κ3) is 4.53. The fourth-order valence-electron chi connectivity index (χ4n) is 6.64. The first-order chi connectivity index (χ1) is 13.5. The second kappa shape index (κ2) is 8.79. The number of rotatable bonds is 4. The van der Waals surface area contributed by atoms with E-state index in [0.717, 1.165) is 45.4 Å². The molecule has 2 heterocycles. The Morgan fingerprint density at radius 3 is 2.79 bits per heavy atom. The highest BCUT2D eigenvalue weighted by Gasteiger charge is 2.46. The molecule has 4 nitrogen and oxygen atoms in total. The van der Waals surface area contributed by atoms with Gasteiger partial charge in [0.15, 0.2) is 0 Å². The van der Waals surface area contributed by atoms with Gasteiger partial charge < -0.3 is 10.6 Å². The first kappa shape index (κ1) is 20.9. The average molecular weight is 409 g/mol. The molecule has 2 aliphatic heterocycles. The van der Waals surface area contributed by atoms with Crippen molar-refractivity contribution >= 4 is 11.9 Å². The van der Waals surface area contributed by atoms with Crippen LogP contribution < -0.4 is 10.5 Å². The Labute approximate surface area is 174 Å². The third-order valence-corrected chi connectivity index (χ3v) is 9.23. The van der Waals surface area contributed by atoms with Crippen LogP contribution in [0, 0.1) is 40.9 Å². The predicted octanol–water partition coefficient (Wildman–Crippen LogP) is 3.73. The van der Waals surface area contributed by atoms with E-state index in [4.69, 9.17) is 5.73 Å². The van der Waals surface area contributed by atoms with Crippen molar-refractivity contribution < 1.29 is 4.39 Å². The molecule has 2 aliphatic carbocycles. The molecular formula is C22H37FN4S. The summed E-state index contributed by atoms with van der Waals surface area (Å²) in [6.07, 6.45) is 7.66. The van der Waals surface area contributed by atoms with E-state index < -0.39 is 6.17 Å². The minimum atomic E-state index is -0.921. The fourth-order valence-corrected chi connectivity index (χ4v) is 7.91. The average Bonchev–Trinajstić information content (AvgIpc) is 3.31. The number of alkyl halides is 1. The SMILES string of the molecule is C[C@@]1(N)CCN(CC2CCCC(C3CCC(C#N)C(F)C3)C2C2CCNS2)C1. The van der Waals surface area contributed by atoms with Gasteiger partial charge in [-0.3, -0.25) is 4.72 Å². The topological polar surface area (TPSA) is 65.1 Å². The molecule has 0 aromatic heterocycles. The Morgan fingerprint density at radius 1 is 1.29 bits per heavy atom. The quantitative estimate of drug-likeness (QED) is 0.694. The van der Waals surface area contributed by atoms with Gasteiger partial charge in [-0.25, -0.2) is 4.39 Å². The third-order valence-electron chi connectivity index (χ3n) is 8.01. The Balaban J connectivity index is 1.48. The van der Waals surface area contributed by atoms with Crippen LogP contribution in [0.5, 0.6) is 0 Å². The highest BCUT2D eigenvalue weighted by Crippen LogP contribution is 2.50. The summed E-state index contributed by atoms with van der Waals surface area (Å²) in [7, 11) is 0. The van der Waals surface area contributed by atoms with Crippen molar-refractivity contribution in [2.75, 3.05) is 26.2 Å².